The Morgan fingerprint density at radius 2 is 1.95 bits per heavy atom. The van der Waals surface area contributed by atoms with Crippen LogP contribution in [0.15, 0.2) is 18.2 Å². The van der Waals surface area contributed by atoms with Crippen LogP contribution in [0.2, 0.25) is 0 Å². The average molecular weight is 297 g/mol. The second kappa shape index (κ2) is 6.89. The lowest BCUT2D eigenvalue weighted by atomic mass is 9.80. The van der Waals surface area contributed by atoms with Crippen LogP contribution in [-0.2, 0) is 16.6 Å². The van der Waals surface area contributed by atoms with E-state index in [1.54, 1.807) is 26.0 Å². The van der Waals surface area contributed by atoms with Crippen molar-refractivity contribution in [3.63, 3.8) is 0 Å². The fraction of sp³-hybridized carbons (Fsp3) is 0.500. The van der Waals surface area contributed by atoms with Crippen molar-refractivity contribution in [2.24, 2.45) is 0 Å². The summed E-state index contributed by atoms with van der Waals surface area (Å²) in [6.45, 7) is 5.32. The van der Waals surface area contributed by atoms with Crippen molar-refractivity contribution in [1.82, 2.24) is 0 Å². The molecule has 1 aromatic rings. The summed E-state index contributed by atoms with van der Waals surface area (Å²) in [6, 6.07) is 5.30. The lowest BCUT2D eigenvalue weighted by Crippen LogP contribution is -2.29. The minimum absolute atomic E-state index is 0.0556. The van der Waals surface area contributed by atoms with E-state index < -0.39 is 11.4 Å². The number of hydrogen-bond acceptors (Lipinski definition) is 2. The number of hydrogen-bond donors (Lipinski definition) is 1. The summed E-state index contributed by atoms with van der Waals surface area (Å²) in [5.41, 5.74) is 1.36. The minimum atomic E-state index is -0.955. The second-order valence-electron chi connectivity index (χ2n) is 5.37. The normalized spacial score (nSPS) is 11.4. The van der Waals surface area contributed by atoms with E-state index in [2.05, 4.69) is 0 Å². The van der Waals surface area contributed by atoms with Crippen LogP contribution in [-0.4, -0.2) is 22.7 Å². The maximum Gasteiger partial charge on any atom is 0.313 e. The van der Waals surface area contributed by atoms with Gasteiger partial charge >= 0.3 is 5.97 Å². The molecule has 1 N–H and O–H groups in total. The first-order valence-corrected chi connectivity index (χ1v) is 7.34. The van der Waals surface area contributed by atoms with Crippen molar-refractivity contribution in [2.45, 2.75) is 45.4 Å². The summed E-state index contributed by atoms with van der Waals surface area (Å²) in [4.78, 5) is 23.4. The maximum absolute atomic E-state index is 12.0. The smallest absolute Gasteiger partial charge is 0.313 e. The molecule has 20 heavy (non-hydrogen) atoms. The van der Waals surface area contributed by atoms with Crippen LogP contribution in [0.25, 0.3) is 0 Å². The Morgan fingerprint density at radius 1 is 1.30 bits per heavy atom. The number of ketones is 1. The molecule has 0 fully saturated rings. The minimum Gasteiger partial charge on any atom is -0.481 e. The van der Waals surface area contributed by atoms with Gasteiger partial charge in [0.2, 0.25) is 0 Å². The largest absolute Gasteiger partial charge is 0.481 e. The van der Waals surface area contributed by atoms with E-state index in [1.807, 2.05) is 13.0 Å². The molecule has 0 heterocycles. The van der Waals surface area contributed by atoms with E-state index in [0.29, 0.717) is 30.7 Å². The fourth-order valence-corrected chi connectivity index (χ4v) is 2.29. The first-order valence-electron chi connectivity index (χ1n) is 6.80. The Hall–Kier alpha value is -1.35. The van der Waals surface area contributed by atoms with Gasteiger partial charge in [-0.3, -0.25) is 9.59 Å². The molecule has 0 bridgehead atoms. The van der Waals surface area contributed by atoms with Gasteiger partial charge in [0, 0.05) is 17.9 Å². The molecular weight excluding hydrogens is 276 g/mol. The maximum atomic E-state index is 12.0. The highest BCUT2D eigenvalue weighted by atomic mass is 35.5. The average Bonchev–Trinajstić information content (AvgIpc) is 2.43. The van der Waals surface area contributed by atoms with Crippen LogP contribution >= 0.6 is 11.6 Å². The number of aryl methyl sites for hydroxylation is 1. The van der Waals surface area contributed by atoms with Gasteiger partial charge in [-0.15, -0.1) is 11.6 Å². The van der Waals surface area contributed by atoms with E-state index in [-0.39, 0.29) is 5.78 Å². The van der Waals surface area contributed by atoms with E-state index in [1.165, 1.54) is 0 Å². The van der Waals surface area contributed by atoms with Crippen LogP contribution in [0.5, 0.6) is 0 Å². The molecule has 0 atom stereocenters. The molecule has 0 aromatic heterocycles. The van der Waals surface area contributed by atoms with E-state index in [4.69, 9.17) is 11.6 Å². The Kier molecular flexibility index (Phi) is 5.75. The zero-order valence-corrected chi connectivity index (χ0v) is 13.0. The lowest BCUT2D eigenvalue weighted by molar-refractivity contribution is -0.142. The van der Waals surface area contributed by atoms with Crippen LogP contribution in [0.1, 0.15) is 55.1 Å². The van der Waals surface area contributed by atoms with Gasteiger partial charge in [0.15, 0.2) is 5.78 Å². The van der Waals surface area contributed by atoms with Crippen molar-refractivity contribution in [3.8, 4) is 0 Å². The third-order valence-corrected chi connectivity index (χ3v) is 3.82. The molecule has 0 aliphatic carbocycles. The zero-order chi connectivity index (χ0) is 15.3. The predicted octanol–water partition coefficient (Wildman–Crippen LogP) is 3.81. The highest BCUT2D eigenvalue weighted by Crippen LogP contribution is 2.28. The SMILES string of the molecule is CCc1cc(C(=O)CCCCl)ccc1C(C)(C)C(=O)O. The van der Waals surface area contributed by atoms with Gasteiger partial charge in [-0.2, -0.15) is 0 Å². The standard InChI is InChI=1S/C16H21ClO3/c1-4-11-10-12(14(18)6-5-9-17)7-8-13(11)16(2,3)15(19)20/h7-8,10H,4-6,9H2,1-3H3,(H,19,20). The van der Waals surface area contributed by atoms with E-state index >= 15 is 0 Å². The van der Waals surface area contributed by atoms with Gasteiger partial charge in [0.25, 0.3) is 0 Å². The van der Waals surface area contributed by atoms with Crippen molar-refractivity contribution in [2.75, 3.05) is 5.88 Å². The third-order valence-electron chi connectivity index (χ3n) is 3.55. The summed E-state index contributed by atoms with van der Waals surface area (Å²) in [6.07, 6.45) is 1.78. The summed E-state index contributed by atoms with van der Waals surface area (Å²) in [5, 5.41) is 9.33. The summed E-state index contributed by atoms with van der Waals surface area (Å²) in [7, 11) is 0. The Morgan fingerprint density at radius 3 is 2.45 bits per heavy atom. The molecular formula is C16H21ClO3. The molecule has 3 nitrogen and oxygen atoms in total. The van der Waals surface area contributed by atoms with Crippen molar-refractivity contribution >= 4 is 23.4 Å². The molecule has 0 spiro atoms. The summed E-state index contributed by atoms with van der Waals surface area (Å²) < 4.78 is 0. The predicted molar refractivity (Wildman–Crippen MR) is 80.8 cm³/mol. The number of aliphatic carboxylic acids is 1. The van der Waals surface area contributed by atoms with Gasteiger partial charge in [0.05, 0.1) is 5.41 Å². The Balaban J connectivity index is 3.14. The summed E-state index contributed by atoms with van der Waals surface area (Å²) in [5.74, 6) is -0.343. The molecule has 0 unspecified atom stereocenters. The molecule has 0 aliphatic heterocycles. The van der Waals surface area contributed by atoms with Gasteiger partial charge in [0.1, 0.15) is 0 Å². The molecule has 0 saturated heterocycles. The Bertz CT molecular complexity index is 506. The van der Waals surface area contributed by atoms with Crippen LogP contribution in [0.3, 0.4) is 0 Å². The molecule has 0 saturated carbocycles. The molecule has 0 amide bonds. The Labute approximate surface area is 125 Å². The number of carboxylic acids is 1. The number of carbonyl (C=O) groups is 2. The van der Waals surface area contributed by atoms with Crippen molar-refractivity contribution in [3.05, 3.63) is 34.9 Å². The molecule has 110 valence electrons. The molecule has 0 aliphatic rings. The van der Waals surface area contributed by atoms with Crippen molar-refractivity contribution in [1.29, 1.82) is 0 Å². The van der Waals surface area contributed by atoms with Gasteiger partial charge in [-0.25, -0.2) is 0 Å². The second-order valence-corrected chi connectivity index (χ2v) is 5.75. The highest BCUT2D eigenvalue weighted by Gasteiger charge is 2.31. The van der Waals surface area contributed by atoms with Gasteiger partial charge < -0.3 is 5.11 Å². The first kappa shape index (κ1) is 16.7. The zero-order valence-electron chi connectivity index (χ0n) is 12.2. The van der Waals surface area contributed by atoms with Gasteiger partial charge in [-0.05, 0) is 43.9 Å². The number of carbonyl (C=O) groups excluding carboxylic acids is 1. The monoisotopic (exact) mass is 296 g/mol. The summed E-state index contributed by atoms with van der Waals surface area (Å²) >= 11 is 5.59. The topological polar surface area (TPSA) is 54.4 Å². The van der Waals surface area contributed by atoms with Crippen LogP contribution < -0.4 is 0 Å². The van der Waals surface area contributed by atoms with E-state index in [9.17, 15) is 14.7 Å². The first-order chi connectivity index (χ1) is 9.34. The van der Waals surface area contributed by atoms with Crippen LogP contribution in [0, 0.1) is 0 Å². The molecule has 4 heteroatoms. The number of carboxylic acid groups (broad SMARTS) is 1. The third kappa shape index (κ3) is 3.60. The number of halogens is 1. The van der Waals surface area contributed by atoms with E-state index in [0.717, 1.165) is 11.1 Å². The molecule has 1 rings (SSSR count). The number of Topliss-reactive ketones (excluding diaryl/α,β-unsaturated/α-hetero) is 1. The fourth-order valence-electron chi connectivity index (χ4n) is 2.16. The quantitative estimate of drug-likeness (QED) is 0.615. The van der Waals surface area contributed by atoms with Crippen LogP contribution in [0.4, 0.5) is 0 Å². The number of rotatable bonds is 7. The number of benzene rings is 1. The number of alkyl halides is 1. The van der Waals surface area contributed by atoms with Gasteiger partial charge in [-0.1, -0.05) is 19.1 Å². The lowest BCUT2D eigenvalue weighted by Gasteiger charge is -2.23. The van der Waals surface area contributed by atoms with Crippen molar-refractivity contribution < 1.29 is 14.7 Å². The molecule has 1 aromatic carbocycles. The molecule has 0 radical (unpaired) electrons. The highest BCUT2D eigenvalue weighted by molar-refractivity contribution is 6.18.